The van der Waals surface area contributed by atoms with E-state index in [2.05, 4.69) is 32.7 Å². The van der Waals surface area contributed by atoms with Crippen molar-refractivity contribution in [3.8, 4) is 0 Å². The lowest BCUT2D eigenvalue weighted by Gasteiger charge is -2.34. The second-order valence-electron chi connectivity index (χ2n) is 9.75. The van der Waals surface area contributed by atoms with Crippen LogP contribution in [-0.2, 0) is 15.0 Å². The zero-order valence-corrected chi connectivity index (χ0v) is 20.6. The molecule has 0 radical (unpaired) electrons. The molecule has 1 aromatic carbocycles. The van der Waals surface area contributed by atoms with E-state index in [0.717, 1.165) is 11.6 Å². The van der Waals surface area contributed by atoms with Crippen molar-refractivity contribution in [1.82, 2.24) is 5.32 Å². The van der Waals surface area contributed by atoms with Gasteiger partial charge in [-0.05, 0) is 54.5 Å². The standard InChI is InChI=1S/C27H35F3N2O2/c1-7-19(17-21(28)8-2)24(25(34)31-22-13-15-27(29,30)16-14-22)32(18(3)33)23-11-9-20(10-12-23)26(4,5)6/h7-12,17,22,24H,1,13-16H2,2-6H3,(H,31,34)/b19-17+,21-8+. The van der Waals surface area contributed by atoms with Gasteiger partial charge in [-0.25, -0.2) is 13.2 Å². The highest BCUT2D eigenvalue weighted by Crippen LogP contribution is 2.33. The van der Waals surface area contributed by atoms with Crippen LogP contribution in [0.3, 0.4) is 0 Å². The zero-order chi connectivity index (χ0) is 25.7. The number of hydrogen-bond donors (Lipinski definition) is 1. The van der Waals surface area contributed by atoms with E-state index in [1.54, 1.807) is 12.1 Å². The summed E-state index contributed by atoms with van der Waals surface area (Å²) in [7, 11) is 0. The lowest BCUT2D eigenvalue weighted by molar-refractivity contribution is -0.126. The minimum Gasteiger partial charge on any atom is -0.351 e. The molecule has 0 spiro atoms. The zero-order valence-electron chi connectivity index (χ0n) is 20.6. The Hall–Kier alpha value is -2.83. The molecule has 186 valence electrons. The smallest absolute Gasteiger partial charge is 0.248 e. The van der Waals surface area contributed by atoms with Crippen LogP contribution in [0.25, 0.3) is 0 Å². The van der Waals surface area contributed by atoms with Crippen LogP contribution in [0.15, 0.2) is 60.5 Å². The lowest BCUT2D eigenvalue weighted by atomic mass is 9.87. The number of nitrogens with one attached hydrogen (secondary N) is 1. The number of anilines is 1. The number of benzene rings is 1. The molecule has 2 rings (SSSR count). The minimum absolute atomic E-state index is 0.110. The Bertz CT molecular complexity index is 949. The summed E-state index contributed by atoms with van der Waals surface area (Å²) >= 11 is 0. The molecule has 7 heteroatoms. The van der Waals surface area contributed by atoms with E-state index < -0.39 is 35.6 Å². The lowest BCUT2D eigenvalue weighted by Crippen LogP contribution is -2.53. The summed E-state index contributed by atoms with van der Waals surface area (Å²) in [6.45, 7) is 12.7. The van der Waals surface area contributed by atoms with Gasteiger partial charge in [-0.3, -0.25) is 14.5 Å². The van der Waals surface area contributed by atoms with Gasteiger partial charge in [0.15, 0.2) is 0 Å². The predicted molar refractivity (Wildman–Crippen MR) is 131 cm³/mol. The predicted octanol–water partition coefficient (Wildman–Crippen LogP) is 6.39. The first-order valence-electron chi connectivity index (χ1n) is 11.5. The number of rotatable bonds is 7. The Morgan fingerprint density at radius 3 is 2.18 bits per heavy atom. The van der Waals surface area contributed by atoms with Crippen molar-refractivity contribution < 1.29 is 22.8 Å². The molecule has 1 fully saturated rings. The monoisotopic (exact) mass is 476 g/mol. The van der Waals surface area contributed by atoms with Crippen LogP contribution in [0.1, 0.15) is 65.9 Å². The topological polar surface area (TPSA) is 49.4 Å². The van der Waals surface area contributed by atoms with Crippen molar-refractivity contribution >= 4 is 17.5 Å². The van der Waals surface area contributed by atoms with E-state index in [-0.39, 0.29) is 36.7 Å². The number of allylic oxidation sites excluding steroid dienone is 3. The highest BCUT2D eigenvalue weighted by atomic mass is 19.3. The summed E-state index contributed by atoms with van der Waals surface area (Å²) < 4.78 is 41.4. The quantitative estimate of drug-likeness (QED) is 0.464. The van der Waals surface area contributed by atoms with Crippen molar-refractivity contribution in [3.63, 3.8) is 0 Å². The summed E-state index contributed by atoms with van der Waals surface area (Å²) in [5, 5.41) is 2.81. The third-order valence-electron chi connectivity index (χ3n) is 6.05. The van der Waals surface area contributed by atoms with Gasteiger partial charge in [0, 0.05) is 31.5 Å². The average molecular weight is 477 g/mol. The van der Waals surface area contributed by atoms with Crippen LogP contribution in [0, 0.1) is 0 Å². The molecule has 4 nitrogen and oxygen atoms in total. The van der Waals surface area contributed by atoms with Crippen LogP contribution in [0.5, 0.6) is 0 Å². The summed E-state index contributed by atoms with van der Waals surface area (Å²) in [6, 6.07) is 5.58. The van der Waals surface area contributed by atoms with E-state index in [0.29, 0.717) is 5.69 Å². The molecule has 34 heavy (non-hydrogen) atoms. The fourth-order valence-corrected chi connectivity index (χ4v) is 4.01. The van der Waals surface area contributed by atoms with E-state index >= 15 is 0 Å². The summed E-state index contributed by atoms with van der Waals surface area (Å²) in [5.74, 6) is -4.31. The number of carbonyl (C=O) groups excluding carboxylic acids is 2. The number of hydrogen-bond acceptors (Lipinski definition) is 2. The molecule has 1 atom stereocenters. The molecule has 2 amide bonds. The number of carbonyl (C=O) groups is 2. The van der Waals surface area contributed by atoms with Crippen molar-refractivity contribution in [3.05, 3.63) is 66.0 Å². The van der Waals surface area contributed by atoms with Crippen molar-refractivity contribution in [2.24, 2.45) is 0 Å². The molecular formula is C27H35F3N2O2. The Labute approximate surface area is 200 Å². The third kappa shape index (κ3) is 7.08. The Kier molecular flexibility index (Phi) is 8.92. The molecule has 1 aliphatic rings. The van der Waals surface area contributed by atoms with Crippen LogP contribution >= 0.6 is 0 Å². The van der Waals surface area contributed by atoms with Crippen LogP contribution in [0.4, 0.5) is 18.9 Å². The fraction of sp³-hybridized carbons (Fsp3) is 0.481. The van der Waals surface area contributed by atoms with Crippen molar-refractivity contribution in [2.45, 2.75) is 83.7 Å². The Morgan fingerprint density at radius 1 is 1.18 bits per heavy atom. The van der Waals surface area contributed by atoms with E-state index in [9.17, 15) is 22.8 Å². The second-order valence-corrected chi connectivity index (χ2v) is 9.75. The first kappa shape index (κ1) is 27.4. The molecule has 1 aromatic rings. The first-order valence-corrected chi connectivity index (χ1v) is 11.5. The minimum atomic E-state index is -2.73. The Balaban J connectivity index is 2.49. The van der Waals surface area contributed by atoms with Gasteiger partial charge in [-0.15, -0.1) is 0 Å². The van der Waals surface area contributed by atoms with Gasteiger partial charge in [-0.2, -0.15) is 0 Å². The average Bonchev–Trinajstić information content (AvgIpc) is 2.76. The number of nitrogens with zero attached hydrogens (tertiary/aromatic N) is 1. The Morgan fingerprint density at radius 2 is 1.74 bits per heavy atom. The fourth-order valence-electron chi connectivity index (χ4n) is 4.01. The van der Waals surface area contributed by atoms with Gasteiger partial charge in [0.05, 0.1) is 0 Å². The first-order chi connectivity index (χ1) is 15.8. The largest absolute Gasteiger partial charge is 0.351 e. The molecule has 1 saturated carbocycles. The molecule has 0 aromatic heterocycles. The van der Waals surface area contributed by atoms with Crippen LogP contribution < -0.4 is 10.2 Å². The van der Waals surface area contributed by atoms with Gasteiger partial charge in [-0.1, -0.05) is 51.6 Å². The number of alkyl halides is 2. The summed E-state index contributed by atoms with van der Waals surface area (Å²) in [4.78, 5) is 27.6. The van der Waals surface area contributed by atoms with Crippen LogP contribution in [-0.4, -0.2) is 29.8 Å². The van der Waals surface area contributed by atoms with Crippen molar-refractivity contribution in [1.29, 1.82) is 0 Å². The highest BCUT2D eigenvalue weighted by molar-refractivity contribution is 6.02. The van der Waals surface area contributed by atoms with E-state index in [1.165, 1.54) is 30.9 Å². The summed E-state index contributed by atoms with van der Waals surface area (Å²) in [5.41, 5.74) is 1.58. The number of halogens is 3. The van der Waals surface area contributed by atoms with Gasteiger partial charge in [0.2, 0.25) is 17.7 Å². The van der Waals surface area contributed by atoms with Gasteiger partial charge >= 0.3 is 0 Å². The second kappa shape index (κ2) is 11.1. The maximum Gasteiger partial charge on any atom is 0.248 e. The third-order valence-corrected chi connectivity index (χ3v) is 6.05. The number of amides is 2. The van der Waals surface area contributed by atoms with Gasteiger partial charge in [0.1, 0.15) is 11.9 Å². The maximum atomic E-state index is 14.2. The molecule has 0 bridgehead atoms. The molecular weight excluding hydrogens is 441 g/mol. The molecule has 0 heterocycles. The maximum absolute atomic E-state index is 14.2. The molecule has 1 N–H and O–H groups in total. The molecule has 1 aliphatic carbocycles. The van der Waals surface area contributed by atoms with Gasteiger partial charge < -0.3 is 5.32 Å². The van der Waals surface area contributed by atoms with Crippen LogP contribution in [0.2, 0.25) is 0 Å². The van der Waals surface area contributed by atoms with E-state index in [4.69, 9.17) is 0 Å². The van der Waals surface area contributed by atoms with E-state index in [1.807, 2.05) is 12.1 Å². The summed E-state index contributed by atoms with van der Waals surface area (Å²) in [6.07, 6.45) is 3.35. The molecule has 1 unspecified atom stereocenters. The van der Waals surface area contributed by atoms with Gasteiger partial charge in [0.25, 0.3) is 0 Å². The SMILES string of the molecule is C=C/C(=C\C(F)=C/C)C(C(=O)NC1CCC(F)(F)CC1)N(C(C)=O)c1ccc(C(C)(C)C)cc1. The molecule has 0 aliphatic heterocycles. The van der Waals surface area contributed by atoms with Crippen molar-refractivity contribution in [2.75, 3.05) is 4.90 Å². The highest BCUT2D eigenvalue weighted by Gasteiger charge is 2.38. The molecule has 0 saturated heterocycles. The normalized spacial score (nSPS) is 18.2.